The van der Waals surface area contributed by atoms with Crippen LogP contribution in [0, 0.1) is 0 Å². The minimum atomic E-state index is -1.96. The highest BCUT2D eigenvalue weighted by molar-refractivity contribution is 5.99. The number of benzene rings is 1. The van der Waals surface area contributed by atoms with E-state index in [9.17, 15) is 73.2 Å². The normalized spacial score (nSPS) is 22.7. The molecular weight excluding hydrogens is 1160 g/mol. The topological polar surface area (TPSA) is 479 Å². The lowest BCUT2D eigenvalue weighted by atomic mass is 10.0. The van der Waals surface area contributed by atoms with Crippen LogP contribution in [-0.2, 0) is 59.2 Å². The van der Waals surface area contributed by atoms with Gasteiger partial charge in [-0.2, -0.15) is 0 Å². The lowest BCUT2D eigenvalue weighted by Gasteiger charge is -2.29. The number of carbonyl (C=O) groups excluding carboxylic acids is 11. The third kappa shape index (κ3) is 29.1. The first-order valence-corrected chi connectivity index (χ1v) is 31.5. The molecule has 504 valence electrons. The van der Waals surface area contributed by atoms with Crippen molar-refractivity contribution in [3.63, 3.8) is 0 Å². The first kappa shape index (κ1) is 78.2. The summed E-state index contributed by atoms with van der Waals surface area (Å²) in [6.45, 7) is 7.77. The first-order chi connectivity index (χ1) is 42.3. The molecule has 1 unspecified atom stereocenters. The highest BCUT2D eigenvalue weighted by Crippen LogP contribution is 2.14. The molecule has 29 heteroatoms. The Labute approximate surface area is 522 Å². The maximum Gasteiger partial charge on any atom is 0.245 e. The Morgan fingerprint density at radius 1 is 0.483 bits per heavy atom. The number of aliphatic hydroxyl groups excluding tert-OH is 4. The van der Waals surface area contributed by atoms with Crippen LogP contribution in [0.25, 0.3) is 0 Å². The fourth-order valence-corrected chi connectivity index (χ4v) is 9.78. The maximum atomic E-state index is 14.6. The zero-order valence-electron chi connectivity index (χ0n) is 52.7. The lowest BCUT2D eigenvalue weighted by Crippen LogP contribution is -2.64. The molecule has 0 saturated carbocycles. The Morgan fingerprint density at radius 2 is 0.876 bits per heavy atom. The van der Waals surface area contributed by atoms with Crippen LogP contribution in [0.15, 0.2) is 30.3 Å². The van der Waals surface area contributed by atoms with Crippen LogP contribution in [0.5, 0.6) is 0 Å². The predicted octanol–water partition coefficient (Wildman–Crippen LogP) is -3.33. The molecule has 21 N–H and O–H groups in total. The van der Waals surface area contributed by atoms with Crippen LogP contribution in [0.4, 0.5) is 0 Å². The molecule has 1 saturated heterocycles. The fraction of sp³-hybridized carbons (Fsp3) is 0.717. The third-order valence-corrected chi connectivity index (χ3v) is 15.1. The second-order valence-electron chi connectivity index (χ2n) is 22.9. The SMILES string of the molecule is CCCCCCCCC(=O)N[C@H](C(=O)N[C@H](C(=O)N[C@H](C(=O)N[C@H]1CCNC(=O)[C@H]([C@@H](C)O)NC(=O)[C@H](CCN)NC(=O)[C@H](CCN)NC(=O)C(CCCCCCCC)NC(=O)[C@@H](Cc2ccccc2)NC(=O)[C@@H](CCN)NC1=O)[C@@H](C)O)[C@@H](C)O)[C@@H](C)O. The molecule has 11 amide bonds. The minimum Gasteiger partial charge on any atom is -0.391 e. The quantitative estimate of drug-likeness (QED) is 0.0306. The van der Waals surface area contributed by atoms with Crippen LogP contribution < -0.4 is 75.7 Å². The second kappa shape index (κ2) is 42.9. The molecule has 2 rings (SSSR count). The van der Waals surface area contributed by atoms with Gasteiger partial charge in [0.2, 0.25) is 65.0 Å². The van der Waals surface area contributed by atoms with E-state index in [1.54, 1.807) is 30.3 Å². The van der Waals surface area contributed by atoms with Gasteiger partial charge in [-0.05, 0) is 91.4 Å². The van der Waals surface area contributed by atoms with Crippen molar-refractivity contribution in [1.82, 2.24) is 58.5 Å². The number of amides is 11. The number of carbonyl (C=O) groups is 11. The summed E-state index contributed by atoms with van der Waals surface area (Å²) in [5, 5.41) is 70.6. The lowest BCUT2D eigenvalue weighted by molar-refractivity contribution is -0.139. The maximum absolute atomic E-state index is 14.6. The molecule has 0 spiro atoms. The summed E-state index contributed by atoms with van der Waals surface area (Å²) in [7, 11) is 0. The summed E-state index contributed by atoms with van der Waals surface area (Å²) in [6.07, 6.45) is 2.55. The molecule has 1 heterocycles. The van der Waals surface area contributed by atoms with Gasteiger partial charge in [0.05, 0.1) is 24.4 Å². The van der Waals surface area contributed by atoms with Crippen LogP contribution >= 0.6 is 0 Å². The highest BCUT2D eigenvalue weighted by atomic mass is 16.3. The van der Waals surface area contributed by atoms with Crippen molar-refractivity contribution in [1.29, 1.82) is 0 Å². The van der Waals surface area contributed by atoms with Crippen molar-refractivity contribution >= 4 is 65.0 Å². The summed E-state index contributed by atoms with van der Waals surface area (Å²) in [4.78, 5) is 154. The molecule has 1 fully saturated rings. The zero-order chi connectivity index (χ0) is 66.6. The molecule has 1 aliphatic rings. The fourth-order valence-electron chi connectivity index (χ4n) is 9.78. The molecule has 1 aromatic carbocycles. The van der Waals surface area contributed by atoms with E-state index < -0.39 is 163 Å². The molecular formula is C60H104N14O15. The molecule has 29 nitrogen and oxygen atoms in total. The Kier molecular flexibility index (Phi) is 37.7. The van der Waals surface area contributed by atoms with E-state index >= 15 is 0 Å². The molecule has 0 bridgehead atoms. The van der Waals surface area contributed by atoms with Crippen molar-refractivity contribution in [2.45, 2.75) is 248 Å². The van der Waals surface area contributed by atoms with E-state index in [4.69, 9.17) is 17.2 Å². The van der Waals surface area contributed by atoms with Crippen LogP contribution in [0.3, 0.4) is 0 Å². The van der Waals surface area contributed by atoms with Crippen molar-refractivity contribution in [3.8, 4) is 0 Å². The monoisotopic (exact) mass is 1260 g/mol. The van der Waals surface area contributed by atoms with Gasteiger partial charge in [0.1, 0.15) is 60.4 Å². The molecule has 89 heavy (non-hydrogen) atoms. The molecule has 1 aromatic rings. The predicted molar refractivity (Wildman–Crippen MR) is 331 cm³/mol. The standard InChI is InChI=1S/C60H104N14O15/c1-7-9-11-13-15-20-24-40-51(80)66-41(26-30-61)52(81)68-43(28-32-63)55(84)72-47(35(3)75)57(86)64-33-29-44(54(83)67-42(27-31-62)53(82)70-45(56(85)65-40)34-39-22-18-17-19-23-39)69-58(87)49(37(5)77)73-60(89)50(38(6)78)74-59(88)48(36(4)76)71-46(79)25-21-16-14-12-10-8-2/h17-19,22-23,35-38,40-45,47-50,75-78H,7-16,20-21,24-34,61-63H2,1-6H3,(H,64,86)(H,65,85)(H,66,80)(H,67,83)(H,68,81)(H,69,87)(H,70,82)(H,71,79)(H,72,84)(H,73,89)(H,74,88)/t35-,36-,37-,38-,40?,41+,42-,43+,44+,45-,47+,48+,49+,50+/m1/s1. The Bertz CT molecular complexity index is 2390. The van der Waals surface area contributed by atoms with Crippen molar-refractivity contribution < 1.29 is 73.2 Å². The largest absolute Gasteiger partial charge is 0.391 e. The summed E-state index contributed by atoms with van der Waals surface area (Å²) in [5.41, 5.74) is 18.3. The van der Waals surface area contributed by atoms with Crippen LogP contribution in [0.1, 0.15) is 163 Å². The Balaban J connectivity index is 2.70. The van der Waals surface area contributed by atoms with Gasteiger partial charge >= 0.3 is 0 Å². The van der Waals surface area contributed by atoms with Crippen molar-refractivity contribution in [2.75, 3.05) is 26.2 Å². The van der Waals surface area contributed by atoms with Crippen LogP contribution in [-0.4, -0.2) is 196 Å². The number of nitrogens with one attached hydrogen (secondary N) is 11. The number of unbranched alkanes of at least 4 members (excludes halogenated alkanes) is 10. The smallest absolute Gasteiger partial charge is 0.245 e. The number of aliphatic hydroxyl groups is 4. The average molecular weight is 1260 g/mol. The van der Waals surface area contributed by atoms with Gasteiger partial charge in [-0.1, -0.05) is 115 Å². The Morgan fingerprint density at radius 3 is 1.34 bits per heavy atom. The summed E-state index contributed by atoms with van der Waals surface area (Å²) < 4.78 is 0. The average Bonchev–Trinajstić information content (AvgIpc) is 3.71. The van der Waals surface area contributed by atoms with Gasteiger partial charge in [0.15, 0.2) is 0 Å². The number of nitrogens with two attached hydrogens (primary N) is 3. The van der Waals surface area contributed by atoms with Gasteiger partial charge in [0, 0.05) is 19.4 Å². The van der Waals surface area contributed by atoms with Crippen LogP contribution in [0.2, 0.25) is 0 Å². The highest BCUT2D eigenvalue weighted by Gasteiger charge is 2.39. The minimum absolute atomic E-state index is 0.0475. The summed E-state index contributed by atoms with van der Waals surface area (Å²) >= 11 is 0. The summed E-state index contributed by atoms with van der Waals surface area (Å²) in [6, 6.07) is -7.40. The molecule has 1 aliphatic heterocycles. The van der Waals surface area contributed by atoms with E-state index in [2.05, 4.69) is 72.3 Å². The van der Waals surface area contributed by atoms with E-state index in [-0.39, 0.29) is 58.2 Å². The second-order valence-corrected chi connectivity index (χ2v) is 22.9. The van der Waals surface area contributed by atoms with Gasteiger partial charge in [0.25, 0.3) is 0 Å². The van der Waals surface area contributed by atoms with E-state index in [1.165, 1.54) is 13.8 Å². The van der Waals surface area contributed by atoms with Crippen molar-refractivity contribution in [3.05, 3.63) is 35.9 Å². The van der Waals surface area contributed by atoms with Gasteiger partial charge in [-0.15, -0.1) is 0 Å². The van der Waals surface area contributed by atoms with E-state index in [1.807, 2.05) is 0 Å². The molecule has 14 atom stereocenters. The summed E-state index contributed by atoms with van der Waals surface area (Å²) in [5.74, 6) is -10.6. The van der Waals surface area contributed by atoms with Crippen molar-refractivity contribution in [2.24, 2.45) is 17.2 Å². The van der Waals surface area contributed by atoms with Gasteiger partial charge in [-0.25, -0.2) is 0 Å². The first-order valence-electron chi connectivity index (χ1n) is 31.5. The third-order valence-electron chi connectivity index (χ3n) is 15.1. The Hall–Kier alpha value is -6.89. The molecule has 0 radical (unpaired) electrons. The molecule has 0 aliphatic carbocycles. The molecule has 0 aromatic heterocycles. The number of rotatable bonds is 33. The number of hydrogen-bond donors (Lipinski definition) is 18. The van der Waals surface area contributed by atoms with E-state index in [0.29, 0.717) is 24.8 Å². The van der Waals surface area contributed by atoms with E-state index in [0.717, 1.165) is 71.6 Å². The zero-order valence-corrected chi connectivity index (χ0v) is 52.7. The van der Waals surface area contributed by atoms with Gasteiger partial charge in [-0.3, -0.25) is 52.7 Å². The number of hydrogen-bond acceptors (Lipinski definition) is 18. The van der Waals surface area contributed by atoms with Gasteiger partial charge < -0.3 is 96.1 Å².